The van der Waals surface area contributed by atoms with Crippen molar-refractivity contribution in [3.05, 3.63) is 45.8 Å². The third kappa shape index (κ3) is 2.54. The molecule has 2 N–H and O–H groups in total. The number of hydrogen-bond donors (Lipinski definition) is 2. The molecule has 0 atom stereocenters. The molecular formula is C16H15FN4O2S. The fourth-order valence-electron chi connectivity index (χ4n) is 2.66. The molecule has 0 aliphatic carbocycles. The molecule has 3 aromatic rings. The van der Waals surface area contributed by atoms with Crippen molar-refractivity contribution < 1.29 is 14.7 Å². The average Bonchev–Trinajstić information content (AvgIpc) is 3.00. The summed E-state index contributed by atoms with van der Waals surface area (Å²) in [4.78, 5) is 0.945. The van der Waals surface area contributed by atoms with Gasteiger partial charge in [-0.25, -0.2) is 9.07 Å². The van der Waals surface area contributed by atoms with Gasteiger partial charge >= 0.3 is 0 Å². The Hall–Kier alpha value is -2.74. The van der Waals surface area contributed by atoms with Crippen molar-refractivity contribution in [2.45, 2.75) is 20.8 Å². The Bertz CT molecular complexity index is 926. The van der Waals surface area contributed by atoms with Gasteiger partial charge in [-0.15, -0.1) is 0 Å². The first-order valence-corrected chi connectivity index (χ1v) is 7.90. The van der Waals surface area contributed by atoms with Gasteiger partial charge in [0.15, 0.2) is 5.82 Å². The maximum atomic E-state index is 14.4. The van der Waals surface area contributed by atoms with E-state index < -0.39 is 5.82 Å². The Kier molecular flexibility index (Phi) is 4.06. The van der Waals surface area contributed by atoms with E-state index in [9.17, 15) is 9.50 Å². The molecule has 0 saturated carbocycles. The topological polar surface area (TPSA) is 83.5 Å². The van der Waals surface area contributed by atoms with Gasteiger partial charge in [0.25, 0.3) is 0 Å². The molecular weight excluding hydrogens is 331 g/mol. The van der Waals surface area contributed by atoms with Crippen LogP contribution >= 0.6 is 11.5 Å². The highest BCUT2D eigenvalue weighted by Gasteiger charge is 2.23. The Morgan fingerprint density at radius 3 is 2.58 bits per heavy atom. The van der Waals surface area contributed by atoms with Gasteiger partial charge in [0.1, 0.15) is 11.4 Å². The number of phenols is 1. The van der Waals surface area contributed by atoms with E-state index in [4.69, 9.17) is 5.21 Å². The van der Waals surface area contributed by atoms with Crippen LogP contribution in [0.3, 0.4) is 0 Å². The summed E-state index contributed by atoms with van der Waals surface area (Å²) in [5.41, 5.74) is 3.55. The zero-order valence-corrected chi connectivity index (χ0v) is 14.1. The number of nitrogens with zero attached hydrogens (tertiary/aromatic N) is 4. The van der Waals surface area contributed by atoms with Crippen molar-refractivity contribution in [3.63, 3.8) is 0 Å². The third-order valence-electron chi connectivity index (χ3n) is 3.72. The summed E-state index contributed by atoms with van der Waals surface area (Å²) >= 11 is 1.34. The molecule has 6 nitrogen and oxygen atoms in total. The molecule has 0 radical (unpaired) electrons. The minimum Gasteiger partial charge on any atom is -0.508 e. The Morgan fingerprint density at radius 1 is 1.25 bits per heavy atom. The molecule has 24 heavy (non-hydrogen) atoms. The van der Waals surface area contributed by atoms with Crippen LogP contribution in [0.25, 0.3) is 16.9 Å². The highest BCUT2D eigenvalue weighted by atomic mass is 32.1. The molecule has 0 amide bonds. The maximum Gasteiger partial charge on any atom is 0.152 e. The van der Waals surface area contributed by atoms with Crippen LogP contribution < -0.4 is 0 Å². The standard InChI is InChI=1S/C16H15FN4O2S/c1-8-12(7-18-23)16(15-9(2)20-24-10(15)3)21(19-8)14-5-4-11(22)6-13(14)17/h4-7,22-23H,1-3H3. The maximum absolute atomic E-state index is 14.4. The van der Waals surface area contributed by atoms with E-state index >= 15 is 0 Å². The second-order valence-electron chi connectivity index (χ2n) is 5.34. The Morgan fingerprint density at radius 2 is 2.00 bits per heavy atom. The SMILES string of the molecule is Cc1nn(-c2ccc(O)cc2F)c(-c2c(C)nsc2C)c1C=NO. The normalized spacial score (nSPS) is 11.5. The number of oxime groups is 1. The first-order valence-electron chi connectivity index (χ1n) is 7.13. The Labute approximate surface area is 141 Å². The largest absolute Gasteiger partial charge is 0.508 e. The van der Waals surface area contributed by atoms with Crippen LogP contribution in [0.2, 0.25) is 0 Å². The van der Waals surface area contributed by atoms with Crippen LogP contribution in [0.15, 0.2) is 23.4 Å². The van der Waals surface area contributed by atoms with E-state index in [-0.39, 0.29) is 11.4 Å². The summed E-state index contributed by atoms with van der Waals surface area (Å²) in [5, 5.41) is 25.9. The lowest BCUT2D eigenvalue weighted by Crippen LogP contribution is -2.03. The highest BCUT2D eigenvalue weighted by molar-refractivity contribution is 7.06. The molecule has 2 aromatic heterocycles. The van der Waals surface area contributed by atoms with E-state index in [2.05, 4.69) is 14.6 Å². The monoisotopic (exact) mass is 346 g/mol. The molecule has 2 heterocycles. The molecule has 0 unspecified atom stereocenters. The van der Waals surface area contributed by atoms with E-state index in [1.54, 1.807) is 6.92 Å². The summed E-state index contributed by atoms with van der Waals surface area (Å²) < 4.78 is 20.2. The summed E-state index contributed by atoms with van der Waals surface area (Å²) in [6.07, 6.45) is 1.28. The second kappa shape index (κ2) is 6.04. The minimum atomic E-state index is -0.607. The van der Waals surface area contributed by atoms with Crippen molar-refractivity contribution in [1.29, 1.82) is 0 Å². The summed E-state index contributed by atoms with van der Waals surface area (Å²) in [5.74, 6) is -0.770. The van der Waals surface area contributed by atoms with Gasteiger partial charge in [0.2, 0.25) is 0 Å². The average molecular weight is 346 g/mol. The quantitative estimate of drug-likeness (QED) is 0.431. The number of hydrogen-bond acceptors (Lipinski definition) is 6. The predicted octanol–water partition coefficient (Wildman–Crippen LogP) is 3.57. The van der Waals surface area contributed by atoms with E-state index in [1.807, 2.05) is 13.8 Å². The van der Waals surface area contributed by atoms with Crippen LogP contribution in [0.4, 0.5) is 4.39 Å². The Balaban J connectivity index is 2.37. The van der Waals surface area contributed by atoms with Crippen LogP contribution in [0, 0.1) is 26.6 Å². The lowest BCUT2D eigenvalue weighted by Gasteiger charge is -2.10. The summed E-state index contributed by atoms with van der Waals surface area (Å²) in [6, 6.07) is 3.87. The van der Waals surface area contributed by atoms with E-state index in [0.717, 1.165) is 22.2 Å². The highest BCUT2D eigenvalue weighted by Crippen LogP contribution is 2.35. The summed E-state index contributed by atoms with van der Waals surface area (Å²) in [7, 11) is 0. The zero-order chi connectivity index (χ0) is 17.4. The molecule has 0 spiro atoms. The van der Waals surface area contributed by atoms with Crippen LogP contribution in [-0.2, 0) is 0 Å². The molecule has 124 valence electrons. The third-order valence-corrected chi connectivity index (χ3v) is 4.57. The lowest BCUT2D eigenvalue weighted by atomic mass is 10.1. The van der Waals surface area contributed by atoms with Gasteiger partial charge in [-0.2, -0.15) is 9.47 Å². The molecule has 0 fully saturated rings. The number of aromatic nitrogens is 3. The fraction of sp³-hybridized carbons (Fsp3) is 0.188. The van der Waals surface area contributed by atoms with Crippen molar-refractivity contribution in [2.75, 3.05) is 0 Å². The van der Waals surface area contributed by atoms with Gasteiger partial charge in [0.05, 0.1) is 23.3 Å². The molecule has 1 aromatic carbocycles. The number of rotatable bonds is 3. The number of aromatic hydroxyl groups is 1. The smallest absolute Gasteiger partial charge is 0.152 e. The van der Waals surface area contributed by atoms with Gasteiger partial charge < -0.3 is 10.3 Å². The number of phenolic OH excluding ortho intramolecular Hbond substituents is 1. The van der Waals surface area contributed by atoms with Crippen molar-refractivity contribution in [2.24, 2.45) is 5.16 Å². The van der Waals surface area contributed by atoms with Gasteiger partial charge in [-0.05, 0) is 44.4 Å². The molecule has 0 saturated heterocycles. The first kappa shape index (κ1) is 16.1. The van der Waals surface area contributed by atoms with Crippen LogP contribution in [0.5, 0.6) is 5.75 Å². The summed E-state index contributed by atoms with van der Waals surface area (Å²) in [6.45, 7) is 5.53. The number of halogens is 1. The minimum absolute atomic E-state index is 0.164. The van der Waals surface area contributed by atoms with Gasteiger partial charge in [-0.1, -0.05) is 5.16 Å². The van der Waals surface area contributed by atoms with Crippen molar-refractivity contribution in [3.8, 4) is 22.7 Å². The number of benzene rings is 1. The van der Waals surface area contributed by atoms with Gasteiger partial charge in [0, 0.05) is 22.1 Å². The fourth-order valence-corrected chi connectivity index (χ4v) is 3.36. The second-order valence-corrected chi connectivity index (χ2v) is 6.32. The van der Waals surface area contributed by atoms with Gasteiger partial charge in [-0.3, -0.25) is 0 Å². The lowest BCUT2D eigenvalue weighted by molar-refractivity contribution is 0.322. The number of aryl methyl sites for hydroxylation is 3. The van der Waals surface area contributed by atoms with Crippen LogP contribution in [0.1, 0.15) is 21.8 Å². The van der Waals surface area contributed by atoms with E-state index in [0.29, 0.717) is 17.0 Å². The molecule has 0 aliphatic heterocycles. The molecule has 8 heteroatoms. The van der Waals surface area contributed by atoms with Crippen molar-refractivity contribution >= 4 is 17.7 Å². The predicted molar refractivity (Wildman–Crippen MR) is 89.9 cm³/mol. The van der Waals surface area contributed by atoms with E-state index in [1.165, 1.54) is 34.6 Å². The molecule has 0 bridgehead atoms. The van der Waals surface area contributed by atoms with Crippen LogP contribution in [-0.4, -0.2) is 30.7 Å². The molecule has 0 aliphatic rings. The first-order chi connectivity index (χ1) is 11.4. The molecule has 3 rings (SSSR count). The zero-order valence-electron chi connectivity index (χ0n) is 13.3. The van der Waals surface area contributed by atoms with Crippen molar-refractivity contribution in [1.82, 2.24) is 14.2 Å².